The highest BCUT2D eigenvalue weighted by molar-refractivity contribution is 6.30. The summed E-state index contributed by atoms with van der Waals surface area (Å²) < 4.78 is 61.8. The average molecular weight is 505 g/mol. The normalized spacial score (nSPS) is 12.3. The number of fused-ring (bicyclic) bond motifs is 1. The lowest BCUT2D eigenvalue weighted by Gasteiger charge is -2.14. The number of methoxy groups -OCH3 is 1. The van der Waals surface area contributed by atoms with Crippen molar-refractivity contribution < 1.29 is 36.6 Å². The van der Waals surface area contributed by atoms with Gasteiger partial charge in [0.1, 0.15) is 22.8 Å². The van der Waals surface area contributed by atoms with Crippen LogP contribution in [0.1, 0.15) is 16.7 Å². The fraction of sp³-hybridized carbons (Fsp3) is 0.120. The van der Waals surface area contributed by atoms with Crippen LogP contribution in [0.15, 0.2) is 82.0 Å². The van der Waals surface area contributed by atoms with Crippen molar-refractivity contribution in [3.05, 3.63) is 94.3 Å². The Morgan fingerprint density at radius 2 is 1.66 bits per heavy atom. The third-order valence-electron chi connectivity index (χ3n) is 4.86. The molecule has 4 rings (SSSR count). The largest absolute Gasteiger partial charge is 0.497 e. The van der Waals surface area contributed by atoms with Crippen molar-refractivity contribution in [2.45, 2.75) is 11.6 Å². The molecule has 0 N–H and O–H groups in total. The predicted molar refractivity (Wildman–Crippen MR) is 121 cm³/mol. The van der Waals surface area contributed by atoms with Crippen LogP contribution in [0.4, 0.5) is 13.2 Å². The molecule has 35 heavy (non-hydrogen) atoms. The van der Waals surface area contributed by atoms with Crippen LogP contribution < -0.4 is 19.6 Å². The molecule has 1 aromatic heterocycles. The Morgan fingerprint density at radius 1 is 0.943 bits per heavy atom. The zero-order valence-electron chi connectivity index (χ0n) is 18.0. The van der Waals surface area contributed by atoms with Crippen LogP contribution in [0.5, 0.6) is 23.0 Å². The van der Waals surface area contributed by atoms with E-state index >= 15 is 0 Å². The van der Waals surface area contributed by atoms with Crippen molar-refractivity contribution in [3.8, 4) is 23.0 Å². The Labute approximate surface area is 201 Å². The van der Waals surface area contributed by atoms with Gasteiger partial charge in [0.05, 0.1) is 12.5 Å². The lowest BCUT2D eigenvalue weighted by molar-refractivity contribution is -0.154. The fourth-order valence-corrected chi connectivity index (χ4v) is 3.40. The Morgan fingerprint density at radius 3 is 2.34 bits per heavy atom. The SMILES string of the molecule is COc1cccc(Oc2c(C(F)(F)F)oc3cc(OC(=O)C(Cl)c4ccccc4)ccc3c2=O)c1. The summed E-state index contributed by atoms with van der Waals surface area (Å²) in [7, 11) is 1.38. The van der Waals surface area contributed by atoms with Crippen LogP contribution in [-0.2, 0) is 11.0 Å². The first-order valence-electron chi connectivity index (χ1n) is 10.1. The molecule has 0 aliphatic rings. The van der Waals surface area contributed by atoms with E-state index in [1.54, 1.807) is 36.4 Å². The van der Waals surface area contributed by atoms with Crippen molar-refractivity contribution in [3.63, 3.8) is 0 Å². The van der Waals surface area contributed by atoms with Gasteiger partial charge in [0.15, 0.2) is 5.38 Å². The van der Waals surface area contributed by atoms with Crippen LogP contribution in [0.3, 0.4) is 0 Å². The van der Waals surface area contributed by atoms with Crippen molar-refractivity contribution in [1.29, 1.82) is 0 Å². The van der Waals surface area contributed by atoms with Gasteiger partial charge in [0, 0.05) is 12.1 Å². The maximum absolute atomic E-state index is 13.8. The lowest BCUT2D eigenvalue weighted by atomic mass is 10.1. The number of carbonyl (C=O) groups excluding carboxylic acids is 1. The van der Waals surface area contributed by atoms with E-state index < -0.39 is 40.0 Å². The van der Waals surface area contributed by atoms with E-state index in [1.807, 2.05) is 0 Å². The molecule has 0 fully saturated rings. The molecule has 3 aromatic carbocycles. The highest BCUT2D eigenvalue weighted by Gasteiger charge is 2.40. The molecule has 0 amide bonds. The second kappa shape index (κ2) is 9.71. The smallest absolute Gasteiger partial charge is 0.453 e. The van der Waals surface area contributed by atoms with Gasteiger partial charge in [-0.2, -0.15) is 13.2 Å². The summed E-state index contributed by atoms with van der Waals surface area (Å²) in [4.78, 5) is 25.3. The van der Waals surface area contributed by atoms with E-state index in [-0.39, 0.29) is 16.9 Å². The molecule has 0 radical (unpaired) electrons. The number of ether oxygens (including phenoxy) is 3. The van der Waals surface area contributed by atoms with Gasteiger partial charge < -0.3 is 18.6 Å². The first kappa shape index (κ1) is 24.2. The first-order chi connectivity index (χ1) is 16.7. The topological polar surface area (TPSA) is 75.0 Å². The molecule has 1 unspecified atom stereocenters. The Hall–Kier alpha value is -3.98. The summed E-state index contributed by atoms with van der Waals surface area (Å²) >= 11 is 6.13. The van der Waals surface area contributed by atoms with E-state index in [0.29, 0.717) is 11.3 Å². The Bertz CT molecular complexity index is 1430. The maximum Gasteiger partial charge on any atom is 0.453 e. The fourth-order valence-electron chi connectivity index (χ4n) is 3.21. The molecule has 0 saturated carbocycles. The molecule has 0 spiro atoms. The number of hydrogen-bond donors (Lipinski definition) is 0. The quantitative estimate of drug-likeness (QED) is 0.169. The molecular weight excluding hydrogens is 489 g/mol. The summed E-state index contributed by atoms with van der Waals surface area (Å²) in [5.41, 5.74) is -1.03. The molecule has 0 aliphatic heterocycles. The van der Waals surface area contributed by atoms with E-state index in [9.17, 15) is 22.8 Å². The number of carbonyl (C=O) groups is 1. The molecule has 1 heterocycles. The number of esters is 1. The zero-order chi connectivity index (χ0) is 25.2. The minimum Gasteiger partial charge on any atom is -0.497 e. The third-order valence-corrected chi connectivity index (χ3v) is 5.29. The molecule has 0 saturated heterocycles. The first-order valence-corrected chi connectivity index (χ1v) is 10.5. The van der Waals surface area contributed by atoms with Gasteiger partial charge in [-0.1, -0.05) is 36.4 Å². The predicted octanol–water partition coefficient (Wildman–Crippen LogP) is 6.50. The van der Waals surface area contributed by atoms with Gasteiger partial charge in [-0.05, 0) is 29.8 Å². The van der Waals surface area contributed by atoms with Crippen LogP contribution in [-0.4, -0.2) is 13.1 Å². The molecule has 4 aromatic rings. The Kier molecular flexibility index (Phi) is 6.70. The standard InChI is InChI=1S/C25H16ClF3O6/c1-32-15-8-5-9-16(12-15)33-22-21(30)18-11-10-17(13-19(18)35-23(22)25(27,28)29)34-24(31)20(26)14-6-3-2-4-7-14/h2-13,20H,1H3. The van der Waals surface area contributed by atoms with Crippen molar-refractivity contribution in [2.75, 3.05) is 7.11 Å². The minimum atomic E-state index is -5.05. The lowest BCUT2D eigenvalue weighted by Crippen LogP contribution is -2.16. The van der Waals surface area contributed by atoms with E-state index in [1.165, 1.54) is 37.4 Å². The van der Waals surface area contributed by atoms with Crippen LogP contribution in [0, 0.1) is 0 Å². The monoisotopic (exact) mass is 504 g/mol. The molecule has 10 heteroatoms. The molecule has 0 aliphatic carbocycles. The highest BCUT2D eigenvalue weighted by Crippen LogP contribution is 2.39. The average Bonchev–Trinajstić information content (AvgIpc) is 2.85. The van der Waals surface area contributed by atoms with Crippen molar-refractivity contribution in [1.82, 2.24) is 0 Å². The van der Waals surface area contributed by atoms with Crippen LogP contribution >= 0.6 is 11.6 Å². The summed E-state index contributed by atoms with van der Waals surface area (Å²) in [5.74, 6) is -3.41. The summed E-state index contributed by atoms with van der Waals surface area (Å²) in [6.45, 7) is 0. The molecular formula is C25H16ClF3O6. The van der Waals surface area contributed by atoms with Gasteiger partial charge in [0.25, 0.3) is 5.76 Å². The summed E-state index contributed by atoms with van der Waals surface area (Å²) in [6, 6.07) is 17.5. The van der Waals surface area contributed by atoms with E-state index in [2.05, 4.69) is 0 Å². The van der Waals surface area contributed by atoms with Crippen LogP contribution in [0.2, 0.25) is 0 Å². The Balaban J connectivity index is 1.71. The number of halogens is 4. The number of rotatable bonds is 6. The second-order valence-electron chi connectivity index (χ2n) is 7.22. The number of benzene rings is 3. The highest BCUT2D eigenvalue weighted by atomic mass is 35.5. The second-order valence-corrected chi connectivity index (χ2v) is 7.66. The molecule has 0 bridgehead atoms. The van der Waals surface area contributed by atoms with E-state index in [4.69, 9.17) is 30.2 Å². The maximum atomic E-state index is 13.8. The molecule has 180 valence electrons. The van der Waals surface area contributed by atoms with Crippen LogP contribution in [0.25, 0.3) is 11.0 Å². The molecule has 6 nitrogen and oxygen atoms in total. The zero-order valence-corrected chi connectivity index (χ0v) is 18.7. The van der Waals surface area contributed by atoms with Gasteiger partial charge in [-0.3, -0.25) is 4.79 Å². The number of alkyl halides is 4. The van der Waals surface area contributed by atoms with Gasteiger partial charge >= 0.3 is 12.1 Å². The summed E-state index contributed by atoms with van der Waals surface area (Å²) in [6.07, 6.45) is -5.05. The van der Waals surface area contributed by atoms with Gasteiger partial charge in [-0.15, -0.1) is 11.6 Å². The third kappa shape index (κ3) is 5.25. The minimum absolute atomic E-state index is 0.0545. The van der Waals surface area contributed by atoms with Gasteiger partial charge in [-0.25, -0.2) is 4.79 Å². The van der Waals surface area contributed by atoms with Crippen molar-refractivity contribution >= 4 is 28.5 Å². The van der Waals surface area contributed by atoms with Gasteiger partial charge in [0.2, 0.25) is 11.2 Å². The number of hydrogen-bond acceptors (Lipinski definition) is 6. The van der Waals surface area contributed by atoms with Crippen molar-refractivity contribution in [2.24, 2.45) is 0 Å². The molecule has 1 atom stereocenters. The van der Waals surface area contributed by atoms with E-state index in [0.717, 1.165) is 6.07 Å². The summed E-state index contributed by atoms with van der Waals surface area (Å²) in [5, 5.41) is -1.36.